The van der Waals surface area contributed by atoms with Crippen LogP contribution in [-0.2, 0) is 12.8 Å². The molecule has 1 heterocycles. The zero-order chi connectivity index (χ0) is 19.3. The van der Waals surface area contributed by atoms with Crippen LogP contribution in [0, 0.1) is 5.82 Å². The van der Waals surface area contributed by atoms with Gasteiger partial charge in [0.15, 0.2) is 5.78 Å². The smallest absolute Gasteiger partial charge is 0.162 e. The zero-order valence-electron chi connectivity index (χ0n) is 16.5. The molecule has 28 heavy (non-hydrogen) atoms. The molecule has 3 nitrogen and oxygen atoms in total. The molecule has 1 aliphatic heterocycles. The summed E-state index contributed by atoms with van der Waals surface area (Å²) in [4.78, 5) is 17.1. The molecule has 148 valence electrons. The first-order chi connectivity index (χ1) is 13.7. The van der Waals surface area contributed by atoms with Gasteiger partial charge in [-0.3, -0.25) is 9.69 Å². The van der Waals surface area contributed by atoms with E-state index in [0.717, 1.165) is 39.1 Å². The average molecular weight is 381 g/mol. The van der Waals surface area contributed by atoms with E-state index in [1.807, 2.05) is 0 Å². The highest BCUT2D eigenvalue weighted by Gasteiger charge is 2.19. The van der Waals surface area contributed by atoms with Crippen molar-refractivity contribution in [3.05, 3.63) is 65.0 Å². The lowest BCUT2D eigenvalue weighted by Gasteiger charge is -2.36. The molecule has 0 aromatic heterocycles. The molecule has 2 aliphatic rings. The van der Waals surface area contributed by atoms with E-state index in [-0.39, 0.29) is 11.6 Å². The van der Waals surface area contributed by atoms with Crippen LogP contribution in [-0.4, -0.2) is 43.4 Å². The van der Waals surface area contributed by atoms with Crippen molar-refractivity contribution in [1.29, 1.82) is 0 Å². The maximum Gasteiger partial charge on any atom is 0.162 e. The van der Waals surface area contributed by atoms with Crippen LogP contribution in [0.5, 0.6) is 0 Å². The molecule has 2 aromatic rings. The van der Waals surface area contributed by atoms with E-state index < -0.39 is 0 Å². The van der Waals surface area contributed by atoms with Crippen molar-refractivity contribution in [1.82, 2.24) is 4.90 Å². The van der Waals surface area contributed by atoms with Crippen molar-refractivity contribution in [2.75, 3.05) is 37.6 Å². The monoisotopic (exact) mass is 380 g/mol. The summed E-state index contributed by atoms with van der Waals surface area (Å²) in [6, 6.07) is 12.9. The molecule has 0 N–H and O–H groups in total. The fraction of sp³-hybridized carbons (Fsp3) is 0.458. The SMILES string of the molecule is O=C(CCCN1CCN(c2ccc3c(c2)CCCC3)CC1)c1ccc(F)cc1. The first kappa shape index (κ1) is 19.1. The number of nitrogens with zero attached hydrogens (tertiary/aromatic N) is 2. The number of hydrogen-bond donors (Lipinski definition) is 0. The van der Waals surface area contributed by atoms with Crippen molar-refractivity contribution < 1.29 is 9.18 Å². The number of Topliss-reactive ketones (excluding diaryl/α,β-unsaturated/α-hetero) is 1. The molecule has 1 aliphatic carbocycles. The van der Waals surface area contributed by atoms with E-state index in [2.05, 4.69) is 28.0 Å². The van der Waals surface area contributed by atoms with Gasteiger partial charge in [0.2, 0.25) is 0 Å². The van der Waals surface area contributed by atoms with Gasteiger partial charge in [-0.05, 0) is 86.2 Å². The Morgan fingerprint density at radius 2 is 1.61 bits per heavy atom. The molecule has 0 unspecified atom stereocenters. The normalized spacial score (nSPS) is 17.4. The van der Waals surface area contributed by atoms with Gasteiger partial charge in [-0.25, -0.2) is 4.39 Å². The Morgan fingerprint density at radius 1 is 0.893 bits per heavy atom. The van der Waals surface area contributed by atoms with Crippen LogP contribution in [0.25, 0.3) is 0 Å². The predicted molar refractivity (Wildman–Crippen MR) is 112 cm³/mol. The summed E-state index contributed by atoms with van der Waals surface area (Å²) in [5.74, 6) is -0.193. The molecule has 0 atom stereocenters. The fourth-order valence-electron chi connectivity index (χ4n) is 4.39. The van der Waals surface area contributed by atoms with Gasteiger partial charge in [-0.2, -0.15) is 0 Å². The third kappa shape index (κ3) is 4.61. The Kier molecular flexibility index (Phi) is 6.06. The van der Waals surface area contributed by atoms with Gasteiger partial charge >= 0.3 is 0 Å². The highest BCUT2D eigenvalue weighted by Crippen LogP contribution is 2.26. The highest BCUT2D eigenvalue weighted by molar-refractivity contribution is 5.95. The first-order valence-corrected chi connectivity index (χ1v) is 10.6. The predicted octanol–water partition coefficient (Wildman–Crippen LogP) is 4.49. The van der Waals surface area contributed by atoms with Crippen molar-refractivity contribution >= 4 is 11.5 Å². The van der Waals surface area contributed by atoms with E-state index >= 15 is 0 Å². The Bertz CT molecular complexity index is 810. The van der Waals surface area contributed by atoms with Gasteiger partial charge in [-0.1, -0.05) is 6.07 Å². The summed E-state index contributed by atoms with van der Waals surface area (Å²) >= 11 is 0. The number of hydrogen-bond acceptors (Lipinski definition) is 3. The van der Waals surface area contributed by atoms with Crippen LogP contribution in [0.2, 0.25) is 0 Å². The Labute approximate surface area is 167 Å². The number of carbonyl (C=O) groups is 1. The van der Waals surface area contributed by atoms with Gasteiger partial charge in [0.1, 0.15) is 5.82 Å². The molecule has 2 aromatic carbocycles. The zero-order valence-corrected chi connectivity index (χ0v) is 16.5. The Morgan fingerprint density at radius 3 is 2.36 bits per heavy atom. The summed E-state index contributed by atoms with van der Waals surface area (Å²) in [7, 11) is 0. The number of piperazine rings is 1. The highest BCUT2D eigenvalue weighted by atomic mass is 19.1. The minimum atomic E-state index is -0.298. The number of ketones is 1. The first-order valence-electron chi connectivity index (χ1n) is 10.6. The topological polar surface area (TPSA) is 23.6 Å². The van der Waals surface area contributed by atoms with Crippen molar-refractivity contribution in [2.24, 2.45) is 0 Å². The molecule has 0 saturated carbocycles. The number of anilines is 1. The fourth-order valence-corrected chi connectivity index (χ4v) is 4.39. The van der Waals surface area contributed by atoms with Crippen molar-refractivity contribution in [3.8, 4) is 0 Å². The number of aryl methyl sites for hydroxylation is 2. The quantitative estimate of drug-likeness (QED) is 0.690. The minimum absolute atomic E-state index is 0.104. The number of halogens is 1. The minimum Gasteiger partial charge on any atom is -0.369 e. The van der Waals surface area contributed by atoms with Gasteiger partial charge in [0, 0.05) is 43.9 Å². The van der Waals surface area contributed by atoms with E-state index in [4.69, 9.17) is 0 Å². The van der Waals surface area contributed by atoms with E-state index in [9.17, 15) is 9.18 Å². The second-order valence-electron chi connectivity index (χ2n) is 8.02. The number of fused-ring (bicyclic) bond motifs is 1. The van der Waals surface area contributed by atoms with Gasteiger partial charge in [0.05, 0.1) is 0 Å². The number of carbonyl (C=O) groups excluding carboxylic acids is 1. The maximum atomic E-state index is 13.0. The largest absolute Gasteiger partial charge is 0.369 e. The summed E-state index contributed by atoms with van der Waals surface area (Å²) < 4.78 is 13.0. The standard InChI is InChI=1S/C24H29FN2O/c25-22-10-7-20(8-11-22)24(28)6-3-13-26-14-16-27(17-15-26)23-12-9-19-4-1-2-5-21(19)18-23/h7-12,18H,1-6,13-17H2. The maximum absolute atomic E-state index is 13.0. The number of benzene rings is 2. The molecule has 1 fully saturated rings. The van der Waals surface area contributed by atoms with Crippen LogP contribution in [0.1, 0.15) is 47.2 Å². The Balaban J connectivity index is 1.22. The molecule has 4 rings (SSSR count). The van der Waals surface area contributed by atoms with Gasteiger partial charge in [-0.15, -0.1) is 0 Å². The Hall–Kier alpha value is -2.20. The van der Waals surface area contributed by atoms with E-state index in [0.29, 0.717) is 12.0 Å². The third-order valence-electron chi connectivity index (χ3n) is 6.11. The average Bonchev–Trinajstić information content (AvgIpc) is 2.74. The summed E-state index contributed by atoms with van der Waals surface area (Å²) in [6.07, 6.45) is 6.49. The summed E-state index contributed by atoms with van der Waals surface area (Å²) in [5.41, 5.74) is 5.07. The summed E-state index contributed by atoms with van der Waals surface area (Å²) in [5, 5.41) is 0. The molecule has 0 bridgehead atoms. The van der Waals surface area contributed by atoms with Crippen molar-refractivity contribution in [2.45, 2.75) is 38.5 Å². The van der Waals surface area contributed by atoms with Gasteiger partial charge < -0.3 is 4.90 Å². The molecule has 4 heteroatoms. The molecule has 0 amide bonds. The molecule has 0 spiro atoms. The van der Waals surface area contributed by atoms with Crippen LogP contribution in [0.4, 0.5) is 10.1 Å². The van der Waals surface area contributed by atoms with Crippen LogP contribution >= 0.6 is 0 Å². The van der Waals surface area contributed by atoms with E-state index in [1.165, 1.54) is 43.5 Å². The molecular formula is C24H29FN2O. The lowest BCUT2D eigenvalue weighted by atomic mass is 9.91. The lowest BCUT2D eigenvalue weighted by Crippen LogP contribution is -2.46. The second kappa shape index (κ2) is 8.87. The number of rotatable bonds is 6. The van der Waals surface area contributed by atoms with Crippen LogP contribution in [0.15, 0.2) is 42.5 Å². The summed E-state index contributed by atoms with van der Waals surface area (Å²) in [6.45, 7) is 5.13. The van der Waals surface area contributed by atoms with Crippen LogP contribution in [0.3, 0.4) is 0 Å². The lowest BCUT2D eigenvalue weighted by molar-refractivity contribution is 0.0974. The van der Waals surface area contributed by atoms with Gasteiger partial charge in [0.25, 0.3) is 0 Å². The molecular weight excluding hydrogens is 351 g/mol. The molecule has 0 radical (unpaired) electrons. The van der Waals surface area contributed by atoms with Crippen molar-refractivity contribution in [3.63, 3.8) is 0 Å². The van der Waals surface area contributed by atoms with E-state index in [1.54, 1.807) is 23.3 Å². The second-order valence-corrected chi connectivity index (χ2v) is 8.02. The van der Waals surface area contributed by atoms with Crippen LogP contribution < -0.4 is 4.90 Å². The molecule has 1 saturated heterocycles. The third-order valence-corrected chi connectivity index (χ3v) is 6.11.